The first-order chi connectivity index (χ1) is 11.1. The second-order valence-corrected chi connectivity index (χ2v) is 5.64. The second-order valence-electron chi connectivity index (χ2n) is 5.64. The minimum absolute atomic E-state index is 0.204. The van der Waals surface area contributed by atoms with Crippen LogP contribution in [0.25, 0.3) is 0 Å². The van der Waals surface area contributed by atoms with Gasteiger partial charge < -0.3 is 15.5 Å². The number of carbonyl (C=O) groups is 1. The van der Waals surface area contributed by atoms with Crippen LogP contribution in [0.15, 0.2) is 36.4 Å². The molecule has 0 atom stereocenters. The molecule has 1 amide bonds. The van der Waals surface area contributed by atoms with Crippen LogP contribution >= 0.6 is 0 Å². The zero-order valence-electron chi connectivity index (χ0n) is 13.8. The Morgan fingerprint density at radius 1 is 1.13 bits per heavy atom. The fourth-order valence-electron chi connectivity index (χ4n) is 2.03. The highest BCUT2D eigenvalue weighted by Crippen LogP contribution is 2.10. The third-order valence-corrected chi connectivity index (χ3v) is 3.46. The summed E-state index contributed by atoms with van der Waals surface area (Å²) in [7, 11) is 3.92. The van der Waals surface area contributed by atoms with Gasteiger partial charge in [0.1, 0.15) is 5.82 Å². The van der Waals surface area contributed by atoms with E-state index in [4.69, 9.17) is 0 Å². The Bertz CT molecular complexity index is 640. The predicted octanol–water partition coefficient (Wildman–Crippen LogP) is 1.69. The van der Waals surface area contributed by atoms with Gasteiger partial charge in [0.25, 0.3) is 5.91 Å². The highest BCUT2D eigenvalue weighted by Gasteiger charge is 2.07. The number of aryl methyl sites for hydroxylation is 1. The van der Waals surface area contributed by atoms with Crippen LogP contribution < -0.4 is 10.6 Å². The summed E-state index contributed by atoms with van der Waals surface area (Å²) in [6.45, 7) is 4.12. The van der Waals surface area contributed by atoms with Crippen molar-refractivity contribution in [3.63, 3.8) is 0 Å². The minimum Gasteiger partial charge on any atom is -0.364 e. The van der Waals surface area contributed by atoms with Gasteiger partial charge in [-0.2, -0.15) is 0 Å². The van der Waals surface area contributed by atoms with Gasteiger partial charge in [-0.05, 0) is 44.3 Å². The van der Waals surface area contributed by atoms with Crippen molar-refractivity contribution in [1.82, 2.24) is 20.4 Å². The Labute approximate surface area is 136 Å². The number of likely N-dealkylation sites (N-methyl/N-ethyl adjacent to an activating group) is 1. The average Bonchev–Trinajstić information content (AvgIpc) is 2.54. The van der Waals surface area contributed by atoms with Crippen LogP contribution in [0.2, 0.25) is 0 Å². The quantitative estimate of drug-likeness (QED) is 0.814. The third kappa shape index (κ3) is 5.34. The summed E-state index contributed by atoms with van der Waals surface area (Å²) in [4.78, 5) is 13.9. The maximum Gasteiger partial charge on any atom is 0.271 e. The molecule has 2 rings (SSSR count). The van der Waals surface area contributed by atoms with E-state index in [1.165, 1.54) is 11.1 Å². The summed E-state index contributed by atoms with van der Waals surface area (Å²) in [6, 6.07) is 11.6. The van der Waals surface area contributed by atoms with Crippen LogP contribution in [0.1, 0.15) is 21.6 Å². The molecule has 0 aliphatic rings. The summed E-state index contributed by atoms with van der Waals surface area (Å²) < 4.78 is 0. The van der Waals surface area contributed by atoms with Gasteiger partial charge in [0.15, 0.2) is 5.69 Å². The number of rotatable bonds is 7. The largest absolute Gasteiger partial charge is 0.364 e. The van der Waals surface area contributed by atoms with Crippen LogP contribution in [-0.2, 0) is 6.54 Å². The zero-order valence-corrected chi connectivity index (χ0v) is 13.8. The molecule has 2 aromatic rings. The lowest BCUT2D eigenvalue weighted by atomic mass is 10.1. The Morgan fingerprint density at radius 2 is 1.91 bits per heavy atom. The number of nitrogens with one attached hydrogen (secondary N) is 2. The van der Waals surface area contributed by atoms with Crippen LogP contribution in [0.4, 0.5) is 5.82 Å². The minimum atomic E-state index is -0.204. The molecule has 1 aromatic heterocycles. The molecule has 2 N–H and O–H groups in total. The monoisotopic (exact) mass is 313 g/mol. The van der Waals surface area contributed by atoms with Crippen molar-refractivity contribution in [1.29, 1.82) is 0 Å². The van der Waals surface area contributed by atoms with Crippen LogP contribution in [0.5, 0.6) is 0 Å². The third-order valence-electron chi connectivity index (χ3n) is 3.46. The van der Waals surface area contributed by atoms with Crippen molar-refractivity contribution in [2.24, 2.45) is 0 Å². The van der Waals surface area contributed by atoms with E-state index < -0.39 is 0 Å². The van der Waals surface area contributed by atoms with Gasteiger partial charge in [-0.1, -0.05) is 24.3 Å². The van der Waals surface area contributed by atoms with E-state index in [0.717, 1.165) is 6.54 Å². The molecule has 0 unspecified atom stereocenters. The molecule has 23 heavy (non-hydrogen) atoms. The van der Waals surface area contributed by atoms with Gasteiger partial charge in [0.2, 0.25) is 0 Å². The van der Waals surface area contributed by atoms with Gasteiger partial charge in [0, 0.05) is 19.6 Å². The molecule has 0 saturated carbocycles. The van der Waals surface area contributed by atoms with Crippen molar-refractivity contribution in [3.8, 4) is 0 Å². The van der Waals surface area contributed by atoms with E-state index in [-0.39, 0.29) is 5.91 Å². The van der Waals surface area contributed by atoms with Gasteiger partial charge in [-0.25, -0.2) is 0 Å². The lowest BCUT2D eigenvalue weighted by Gasteiger charge is -2.10. The first-order valence-electron chi connectivity index (χ1n) is 7.61. The van der Waals surface area contributed by atoms with E-state index in [9.17, 15) is 4.79 Å². The van der Waals surface area contributed by atoms with Gasteiger partial charge in [0.05, 0.1) is 0 Å². The van der Waals surface area contributed by atoms with Gasteiger partial charge in [-0.15, -0.1) is 10.2 Å². The number of hydrogen-bond donors (Lipinski definition) is 2. The van der Waals surface area contributed by atoms with Crippen molar-refractivity contribution in [3.05, 3.63) is 53.2 Å². The molecule has 6 heteroatoms. The lowest BCUT2D eigenvalue weighted by Crippen LogP contribution is -2.31. The molecule has 0 aliphatic heterocycles. The van der Waals surface area contributed by atoms with E-state index in [2.05, 4.69) is 39.9 Å². The average molecular weight is 313 g/mol. The maximum atomic E-state index is 11.9. The fraction of sp³-hybridized carbons (Fsp3) is 0.353. The number of anilines is 1. The standard InChI is InChI=1S/C17H23N5O/c1-13-6-4-5-7-14(13)12-19-16-9-8-15(20-21-16)17(23)18-10-11-22(2)3/h4-9H,10-12H2,1-3H3,(H,18,23)(H,19,21). The van der Waals surface area contributed by atoms with Crippen molar-refractivity contribution in [2.45, 2.75) is 13.5 Å². The highest BCUT2D eigenvalue weighted by molar-refractivity contribution is 5.92. The lowest BCUT2D eigenvalue weighted by molar-refractivity contribution is 0.0945. The first-order valence-corrected chi connectivity index (χ1v) is 7.61. The van der Waals surface area contributed by atoms with Crippen molar-refractivity contribution < 1.29 is 4.79 Å². The normalized spacial score (nSPS) is 10.6. The summed E-state index contributed by atoms with van der Waals surface area (Å²) >= 11 is 0. The topological polar surface area (TPSA) is 70.2 Å². The second kappa shape index (κ2) is 8.24. The zero-order chi connectivity index (χ0) is 16.7. The molecule has 0 aliphatic carbocycles. The summed E-state index contributed by atoms with van der Waals surface area (Å²) in [5.41, 5.74) is 2.76. The molecule has 1 heterocycles. The summed E-state index contributed by atoms with van der Waals surface area (Å²) in [6.07, 6.45) is 0. The summed E-state index contributed by atoms with van der Waals surface area (Å²) in [5, 5.41) is 14.1. The number of benzene rings is 1. The summed E-state index contributed by atoms with van der Waals surface area (Å²) in [5.74, 6) is 0.447. The molecular formula is C17H23N5O. The SMILES string of the molecule is Cc1ccccc1CNc1ccc(C(=O)NCCN(C)C)nn1. The van der Waals surface area contributed by atoms with E-state index >= 15 is 0 Å². The van der Waals surface area contributed by atoms with Crippen LogP contribution in [-0.4, -0.2) is 48.2 Å². The molecule has 122 valence electrons. The molecule has 0 radical (unpaired) electrons. The Hall–Kier alpha value is -2.47. The number of carbonyl (C=O) groups excluding carboxylic acids is 1. The van der Waals surface area contributed by atoms with Crippen LogP contribution in [0, 0.1) is 6.92 Å². The van der Waals surface area contributed by atoms with Gasteiger partial charge in [-0.3, -0.25) is 4.79 Å². The van der Waals surface area contributed by atoms with Gasteiger partial charge >= 0.3 is 0 Å². The van der Waals surface area contributed by atoms with Crippen LogP contribution in [0.3, 0.4) is 0 Å². The number of hydrogen-bond acceptors (Lipinski definition) is 5. The highest BCUT2D eigenvalue weighted by atomic mass is 16.1. The fourth-order valence-corrected chi connectivity index (χ4v) is 2.03. The molecular weight excluding hydrogens is 290 g/mol. The van der Waals surface area contributed by atoms with E-state index in [1.807, 2.05) is 31.1 Å². The molecule has 1 aromatic carbocycles. The maximum absolute atomic E-state index is 11.9. The molecule has 6 nitrogen and oxygen atoms in total. The Balaban J connectivity index is 1.87. The molecule has 0 fully saturated rings. The van der Waals surface area contributed by atoms with E-state index in [1.54, 1.807) is 12.1 Å². The van der Waals surface area contributed by atoms with Crippen molar-refractivity contribution in [2.75, 3.05) is 32.5 Å². The number of nitrogens with zero attached hydrogens (tertiary/aromatic N) is 3. The number of aromatic nitrogens is 2. The molecule has 0 bridgehead atoms. The number of amides is 1. The van der Waals surface area contributed by atoms with Crippen molar-refractivity contribution >= 4 is 11.7 Å². The predicted molar refractivity (Wildman–Crippen MR) is 91.4 cm³/mol. The smallest absolute Gasteiger partial charge is 0.271 e. The molecule has 0 saturated heterocycles. The van der Waals surface area contributed by atoms with E-state index in [0.29, 0.717) is 24.6 Å². The first kappa shape index (κ1) is 16.9. The Kier molecular flexibility index (Phi) is 6.05. The Morgan fingerprint density at radius 3 is 2.57 bits per heavy atom. The molecule has 0 spiro atoms.